The summed E-state index contributed by atoms with van der Waals surface area (Å²) >= 11 is 5.30. The van der Waals surface area contributed by atoms with Crippen molar-refractivity contribution in [3.05, 3.63) is 77.1 Å². The second-order valence-electron chi connectivity index (χ2n) is 8.30. The van der Waals surface area contributed by atoms with Crippen molar-refractivity contribution in [2.45, 2.75) is 26.4 Å². The molecular formula is C27H26N6O4S. The van der Waals surface area contributed by atoms with E-state index in [9.17, 15) is 9.59 Å². The maximum absolute atomic E-state index is 12.7. The molecule has 11 heteroatoms. The summed E-state index contributed by atoms with van der Waals surface area (Å²) in [5.74, 6) is -0.540. The summed E-state index contributed by atoms with van der Waals surface area (Å²) in [6.07, 6.45) is 3.34. The highest BCUT2D eigenvalue weighted by atomic mass is 32.1. The molecule has 1 amide bonds. The van der Waals surface area contributed by atoms with Gasteiger partial charge >= 0.3 is 5.97 Å². The molecule has 194 valence electrons. The first-order valence-electron chi connectivity index (χ1n) is 11.9. The number of carbonyl (C=O) groups excluding carboxylic acids is 2. The topological polar surface area (TPSA) is 130 Å². The van der Waals surface area contributed by atoms with Crippen LogP contribution >= 0.6 is 12.2 Å². The van der Waals surface area contributed by atoms with Gasteiger partial charge in [-0.2, -0.15) is 10.4 Å². The van der Waals surface area contributed by atoms with Crippen LogP contribution in [0, 0.1) is 11.3 Å². The first-order chi connectivity index (χ1) is 18.4. The number of hydrogen-bond donors (Lipinski definition) is 3. The Labute approximate surface area is 224 Å². The van der Waals surface area contributed by atoms with Crippen LogP contribution in [-0.2, 0) is 20.9 Å². The number of thiocarbonyl (C=S) groups is 1. The van der Waals surface area contributed by atoms with Crippen molar-refractivity contribution in [3.63, 3.8) is 0 Å². The van der Waals surface area contributed by atoms with Crippen molar-refractivity contribution in [1.29, 1.82) is 5.26 Å². The monoisotopic (exact) mass is 530 g/mol. The maximum atomic E-state index is 12.7. The van der Waals surface area contributed by atoms with Crippen LogP contribution in [0.1, 0.15) is 31.0 Å². The normalized spacial score (nSPS) is 15.1. The van der Waals surface area contributed by atoms with Gasteiger partial charge in [-0.3, -0.25) is 4.79 Å². The second-order valence-corrected chi connectivity index (χ2v) is 8.71. The summed E-state index contributed by atoms with van der Waals surface area (Å²) in [7, 11) is 0. The molecule has 2 aromatic carbocycles. The number of fused-ring (bicyclic) bond motifs is 1. The fourth-order valence-corrected chi connectivity index (χ4v) is 4.46. The lowest BCUT2D eigenvalue weighted by Crippen LogP contribution is -2.45. The number of hydrazone groups is 1. The molecule has 0 spiro atoms. The maximum Gasteiger partial charge on any atom is 0.338 e. The molecule has 4 rings (SSSR count). The highest BCUT2D eigenvalue weighted by Gasteiger charge is 2.32. The zero-order valence-electron chi connectivity index (χ0n) is 20.9. The number of para-hydroxylation sites is 2. The summed E-state index contributed by atoms with van der Waals surface area (Å²) in [6.45, 7) is 3.61. The van der Waals surface area contributed by atoms with Gasteiger partial charge in [-0.1, -0.05) is 36.4 Å². The van der Waals surface area contributed by atoms with Crippen LogP contribution in [0.25, 0.3) is 10.9 Å². The number of allylic oxidation sites excluding steroid dienone is 1. The van der Waals surface area contributed by atoms with Gasteiger partial charge in [0.2, 0.25) is 0 Å². The van der Waals surface area contributed by atoms with Gasteiger partial charge < -0.3 is 24.7 Å². The van der Waals surface area contributed by atoms with Crippen molar-refractivity contribution in [3.8, 4) is 11.8 Å². The smallest absolute Gasteiger partial charge is 0.338 e. The van der Waals surface area contributed by atoms with Gasteiger partial charge in [0.1, 0.15) is 12.3 Å². The van der Waals surface area contributed by atoms with Crippen LogP contribution in [0.15, 0.2) is 71.1 Å². The van der Waals surface area contributed by atoms with Crippen molar-refractivity contribution >= 4 is 46.3 Å². The number of nitrogens with one attached hydrogen (secondary N) is 3. The number of nitriles is 1. The molecule has 2 heterocycles. The predicted octanol–water partition coefficient (Wildman–Crippen LogP) is 3.05. The quantitative estimate of drug-likeness (QED) is 0.167. The Kier molecular flexibility index (Phi) is 8.35. The third kappa shape index (κ3) is 5.82. The van der Waals surface area contributed by atoms with Crippen molar-refractivity contribution in [2.75, 3.05) is 13.2 Å². The van der Waals surface area contributed by atoms with E-state index in [4.69, 9.17) is 27.0 Å². The molecule has 0 radical (unpaired) electrons. The standard InChI is InChI=1S/C27H26N6O4S/c1-3-36-26(35)24-17(2)30-27(38)31-25(24)20-9-5-7-11-22(20)37-16-23(34)32-29-14-18-15-33(13-12-28)21-10-6-4-8-19(18)21/h4-11,14-15,25H,3,13,16H2,1-2H3,(H,32,34)(H2,30,31,38)/t25-/m1/s1. The molecule has 0 aliphatic carbocycles. The summed E-state index contributed by atoms with van der Waals surface area (Å²) < 4.78 is 12.9. The van der Waals surface area contributed by atoms with E-state index in [1.54, 1.807) is 38.1 Å². The fraction of sp³-hybridized carbons (Fsp3) is 0.222. The van der Waals surface area contributed by atoms with E-state index in [1.165, 1.54) is 6.21 Å². The van der Waals surface area contributed by atoms with Crippen LogP contribution in [-0.4, -0.2) is 41.0 Å². The Morgan fingerprint density at radius 1 is 1.24 bits per heavy atom. The minimum Gasteiger partial charge on any atom is -0.483 e. The molecule has 1 aliphatic heterocycles. The number of carbonyl (C=O) groups is 2. The number of esters is 1. The Bertz CT molecular complexity index is 1490. The predicted molar refractivity (Wildman–Crippen MR) is 146 cm³/mol. The first-order valence-corrected chi connectivity index (χ1v) is 12.3. The van der Waals surface area contributed by atoms with Crippen LogP contribution in [0.2, 0.25) is 0 Å². The average molecular weight is 531 g/mol. The Hall–Kier alpha value is -4.69. The van der Waals surface area contributed by atoms with E-state index < -0.39 is 17.9 Å². The zero-order chi connectivity index (χ0) is 27.1. The molecule has 1 atom stereocenters. The van der Waals surface area contributed by atoms with Gasteiger partial charge in [0.25, 0.3) is 5.91 Å². The molecule has 10 nitrogen and oxygen atoms in total. The second kappa shape index (κ2) is 12.0. The van der Waals surface area contributed by atoms with Gasteiger partial charge in [-0.05, 0) is 38.2 Å². The van der Waals surface area contributed by atoms with Crippen molar-refractivity contribution < 1.29 is 19.1 Å². The van der Waals surface area contributed by atoms with E-state index in [1.807, 2.05) is 35.0 Å². The molecule has 3 N–H and O–H groups in total. The van der Waals surface area contributed by atoms with Crippen molar-refractivity contribution in [2.24, 2.45) is 5.10 Å². The van der Waals surface area contributed by atoms with Crippen LogP contribution < -0.4 is 20.8 Å². The summed E-state index contributed by atoms with van der Waals surface area (Å²) in [4.78, 5) is 25.2. The molecule has 1 aliphatic rings. The number of ether oxygens (including phenoxy) is 2. The fourth-order valence-electron chi connectivity index (χ4n) is 4.19. The van der Waals surface area contributed by atoms with Gasteiger partial charge in [-0.25, -0.2) is 10.2 Å². The molecule has 0 bridgehead atoms. The third-order valence-electron chi connectivity index (χ3n) is 5.81. The third-order valence-corrected chi connectivity index (χ3v) is 6.03. The lowest BCUT2D eigenvalue weighted by Gasteiger charge is -2.30. The lowest BCUT2D eigenvalue weighted by atomic mass is 9.95. The number of rotatable bonds is 9. The molecule has 1 aromatic heterocycles. The van der Waals surface area contributed by atoms with Gasteiger partial charge in [0.05, 0.1) is 30.5 Å². The summed E-state index contributed by atoms with van der Waals surface area (Å²) in [6, 6.07) is 16.2. The summed E-state index contributed by atoms with van der Waals surface area (Å²) in [5, 5.41) is 20.5. The van der Waals surface area contributed by atoms with E-state index in [0.29, 0.717) is 27.7 Å². The number of hydrogen-bond acceptors (Lipinski definition) is 7. The van der Waals surface area contributed by atoms with Crippen LogP contribution in [0.5, 0.6) is 5.75 Å². The Balaban J connectivity index is 1.46. The molecular weight excluding hydrogens is 504 g/mol. The van der Waals surface area contributed by atoms with Crippen molar-refractivity contribution in [1.82, 2.24) is 20.6 Å². The largest absolute Gasteiger partial charge is 0.483 e. The van der Waals surface area contributed by atoms with Crippen LogP contribution in [0.3, 0.4) is 0 Å². The summed E-state index contributed by atoms with van der Waals surface area (Å²) in [5.41, 5.74) is 5.72. The number of benzene rings is 2. The molecule has 0 saturated carbocycles. The molecule has 0 unspecified atom stereocenters. The van der Waals surface area contributed by atoms with E-state index >= 15 is 0 Å². The molecule has 0 fully saturated rings. The minimum absolute atomic E-state index is 0.206. The van der Waals surface area contributed by atoms with Gasteiger partial charge in [-0.15, -0.1) is 0 Å². The van der Waals surface area contributed by atoms with E-state index in [-0.39, 0.29) is 19.8 Å². The number of aromatic nitrogens is 1. The SMILES string of the molecule is CCOC(=O)C1=C(C)NC(=S)N[C@@H]1c1ccccc1OCC(=O)NN=Cc1cn(CC#N)c2ccccc12. The molecule has 0 saturated heterocycles. The highest BCUT2D eigenvalue weighted by Crippen LogP contribution is 2.33. The van der Waals surface area contributed by atoms with Gasteiger partial charge in [0.15, 0.2) is 11.7 Å². The molecule has 3 aromatic rings. The Morgan fingerprint density at radius 3 is 2.79 bits per heavy atom. The van der Waals surface area contributed by atoms with Gasteiger partial charge in [0, 0.05) is 33.9 Å². The zero-order valence-corrected chi connectivity index (χ0v) is 21.7. The van der Waals surface area contributed by atoms with E-state index in [0.717, 1.165) is 16.5 Å². The average Bonchev–Trinajstić information content (AvgIpc) is 3.25. The molecule has 38 heavy (non-hydrogen) atoms. The lowest BCUT2D eigenvalue weighted by molar-refractivity contribution is -0.139. The minimum atomic E-state index is -0.620. The number of amides is 1. The van der Waals surface area contributed by atoms with E-state index in [2.05, 4.69) is 27.2 Å². The van der Waals surface area contributed by atoms with Crippen LogP contribution in [0.4, 0.5) is 0 Å². The Morgan fingerprint density at radius 2 is 2.00 bits per heavy atom. The highest BCUT2D eigenvalue weighted by molar-refractivity contribution is 7.80. The first kappa shape index (κ1) is 26.4. The number of nitrogens with zero attached hydrogens (tertiary/aromatic N) is 3.